The Morgan fingerprint density at radius 1 is 1.10 bits per heavy atom. The monoisotopic (exact) mass is 404 g/mol. The predicted octanol–water partition coefficient (Wildman–Crippen LogP) is 5.65. The van der Waals surface area contributed by atoms with Crippen molar-refractivity contribution in [1.82, 2.24) is 4.98 Å². The van der Waals surface area contributed by atoms with Gasteiger partial charge in [0, 0.05) is 22.9 Å². The standard InChI is InChI=1S/C24H25ClN4/c1-15-9-12-19-22(27-15)8-4-7-20-23(19)28-29(24(20)16-5-2-3-6-16)18-11-10-17(14-26)21(25)13-18/h9-13,16,20,24H,2-8H2,1H3/t20-,24?/m0/s1. The van der Waals surface area contributed by atoms with Gasteiger partial charge in [0.2, 0.25) is 0 Å². The van der Waals surface area contributed by atoms with Gasteiger partial charge in [-0.2, -0.15) is 10.4 Å². The summed E-state index contributed by atoms with van der Waals surface area (Å²) >= 11 is 6.39. The lowest BCUT2D eigenvalue weighted by Gasteiger charge is -2.33. The van der Waals surface area contributed by atoms with Crippen LogP contribution in [0.1, 0.15) is 61.0 Å². The lowest BCUT2D eigenvalue weighted by molar-refractivity contribution is 0.353. The van der Waals surface area contributed by atoms with Crippen LogP contribution in [0.15, 0.2) is 35.4 Å². The molecule has 0 N–H and O–H groups in total. The van der Waals surface area contributed by atoms with Crippen molar-refractivity contribution in [3.8, 4) is 6.07 Å². The molecular formula is C24H25ClN4. The third-order valence-electron chi connectivity index (χ3n) is 6.80. The van der Waals surface area contributed by atoms with Gasteiger partial charge >= 0.3 is 0 Å². The van der Waals surface area contributed by atoms with Gasteiger partial charge in [0.25, 0.3) is 0 Å². The number of aromatic nitrogens is 1. The number of nitriles is 1. The molecule has 2 heterocycles. The van der Waals surface area contributed by atoms with Crippen molar-refractivity contribution in [1.29, 1.82) is 5.26 Å². The minimum absolute atomic E-state index is 0.365. The van der Waals surface area contributed by atoms with Crippen LogP contribution in [-0.4, -0.2) is 16.7 Å². The molecule has 5 heteroatoms. The lowest BCUT2D eigenvalue weighted by atomic mass is 9.81. The summed E-state index contributed by atoms with van der Waals surface area (Å²) in [6, 6.07) is 12.6. The van der Waals surface area contributed by atoms with E-state index in [2.05, 4.69) is 30.1 Å². The van der Waals surface area contributed by atoms with Gasteiger partial charge in [0.05, 0.1) is 28.0 Å². The molecule has 1 saturated carbocycles. The Balaban J connectivity index is 1.62. The number of nitrogens with zero attached hydrogens (tertiary/aromatic N) is 4. The highest BCUT2D eigenvalue weighted by molar-refractivity contribution is 6.32. The largest absolute Gasteiger partial charge is 0.261 e. The minimum Gasteiger partial charge on any atom is -0.261 e. The van der Waals surface area contributed by atoms with Crippen molar-refractivity contribution in [2.45, 2.75) is 57.9 Å². The van der Waals surface area contributed by atoms with Gasteiger partial charge in [-0.1, -0.05) is 24.4 Å². The molecule has 148 valence electrons. The van der Waals surface area contributed by atoms with Crippen LogP contribution in [0.5, 0.6) is 0 Å². The van der Waals surface area contributed by atoms with Crippen LogP contribution in [0.2, 0.25) is 5.02 Å². The molecule has 1 aliphatic heterocycles. The van der Waals surface area contributed by atoms with E-state index in [4.69, 9.17) is 21.7 Å². The van der Waals surface area contributed by atoms with Crippen molar-refractivity contribution >= 4 is 23.0 Å². The molecule has 2 atom stereocenters. The molecule has 1 fully saturated rings. The summed E-state index contributed by atoms with van der Waals surface area (Å²) in [5.41, 5.74) is 6.19. The normalized spacial score (nSPS) is 23.9. The SMILES string of the molecule is Cc1ccc2c(n1)CCC[C@H]1C2=NN(c2ccc(C#N)c(Cl)c2)C1C1CCCC1. The Labute approximate surface area is 177 Å². The van der Waals surface area contributed by atoms with E-state index in [0.29, 0.717) is 28.5 Å². The molecule has 2 aromatic rings. The second kappa shape index (κ2) is 7.46. The van der Waals surface area contributed by atoms with E-state index < -0.39 is 0 Å². The van der Waals surface area contributed by atoms with E-state index in [1.807, 2.05) is 18.2 Å². The summed E-state index contributed by atoms with van der Waals surface area (Å²) in [7, 11) is 0. The first kappa shape index (κ1) is 18.6. The molecule has 0 radical (unpaired) electrons. The lowest BCUT2D eigenvalue weighted by Crippen LogP contribution is -2.39. The fraction of sp³-hybridized carbons (Fsp3) is 0.458. The Morgan fingerprint density at radius 2 is 1.93 bits per heavy atom. The molecular weight excluding hydrogens is 380 g/mol. The van der Waals surface area contributed by atoms with Gasteiger partial charge < -0.3 is 0 Å². The minimum atomic E-state index is 0.365. The Kier molecular flexibility index (Phi) is 4.80. The maximum atomic E-state index is 9.25. The molecule has 4 nitrogen and oxygen atoms in total. The second-order valence-electron chi connectivity index (χ2n) is 8.59. The number of pyridine rings is 1. The molecule has 0 amide bonds. The van der Waals surface area contributed by atoms with Crippen LogP contribution < -0.4 is 5.01 Å². The zero-order valence-corrected chi connectivity index (χ0v) is 17.5. The van der Waals surface area contributed by atoms with Crippen molar-refractivity contribution < 1.29 is 0 Å². The molecule has 29 heavy (non-hydrogen) atoms. The number of aryl methyl sites for hydroxylation is 2. The molecule has 0 spiro atoms. The number of rotatable bonds is 2. The smallest absolute Gasteiger partial charge is 0.101 e. The van der Waals surface area contributed by atoms with E-state index in [0.717, 1.165) is 30.6 Å². The van der Waals surface area contributed by atoms with E-state index in [-0.39, 0.29) is 0 Å². The fourth-order valence-electron chi connectivity index (χ4n) is 5.47. The second-order valence-corrected chi connectivity index (χ2v) is 8.99. The quantitative estimate of drug-likeness (QED) is 0.649. The Hall–Kier alpha value is -2.38. The molecule has 0 bridgehead atoms. The van der Waals surface area contributed by atoms with Crippen molar-refractivity contribution in [2.75, 3.05) is 5.01 Å². The summed E-state index contributed by atoms with van der Waals surface area (Å²) in [4.78, 5) is 4.83. The van der Waals surface area contributed by atoms with Crippen LogP contribution in [0.25, 0.3) is 0 Å². The van der Waals surface area contributed by atoms with E-state index in [9.17, 15) is 5.26 Å². The maximum absolute atomic E-state index is 9.25. The van der Waals surface area contributed by atoms with Gasteiger partial charge in [0.1, 0.15) is 6.07 Å². The third kappa shape index (κ3) is 3.22. The number of benzene rings is 1. The molecule has 0 saturated heterocycles. The van der Waals surface area contributed by atoms with Crippen molar-refractivity contribution in [3.63, 3.8) is 0 Å². The van der Waals surface area contributed by atoms with Crippen LogP contribution in [-0.2, 0) is 6.42 Å². The average molecular weight is 405 g/mol. The third-order valence-corrected chi connectivity index (χ3v) is 7.11. The fourth-order valence-corrected chi connectivity index (χ4v) is 5.69. The zero-order chi connectivity index (χ0) is 20.0. The summed E-state index contributed by atoms with van der Waals surface area (Å²) in [6.07, 6.45) is 8.48. The first-order chi connectivity index (χ1) is 14.2. The molecule has 1 aromatic carbocycles. The summed E-state index contributed by atoms with van der Waals surface area (Å²) < 4.78 is 0. The van der Waals surface area contributed by atoms with Crippen molar-refractivity contribution in [2.24, 2.45) is 16.9 Å². The average Bonchev–Trinajstić information content (AvgIpc) is 3.32. The van der Waals surface area contributed by atoms with Gasteiger partial charge in [0.15, 0.2) is 0 Å². The van der Waals surface area contributed by atoms with Crippen LogP contribution in [0.4, 0.5) is 5.69 Å². The summed E-state index contributed by atoms with van der Waals surface area (Å²) in [6.45, 7) is 2.06. The number of hydrogen-bond donors (Lipinski definition) is 0. The number of fused-ring (bicyclic) bond motifs is 3. The van der Waals surface area contributed by atoms with Crippen LogP contribution >= 0.6 is 11.6 Å². The Morgan fingerprint density at radius 3 is 2.69 bits per heavy atom. The molecule has 1 aromatic heterocycles. The van der Waals surface area contributed by atoms with Gasteiger partial charge in [-0.25, -0.2) is 0 Å². The summed E-state index contributed by atoms with van der Waals surface area (Å²) in [5, 5.41) is 17.2. The maximum Gasteiger partial charge on any atom is 0.101 e. The highest BCUT2D eigenvalue weighted by Gasteiger charge is 2.45. The van der Waals surface area contributed by atoms with E-state index >= 15 is 0 Å². The molecule has 3 aliphatic rings. The first-order valence-electron chi connectivity index (χ1n) is 10.7. The Bertz CT molecular complexity index is 1020. The van der Waals surface area contributed by atoms with Crippen molar-refractivity contribution in [3.05, 3.63) is 57.9 Å². The van der Waals surface area contributed by atoms with Gasteiger partial charge in [-0.3, -0.25) is 9.99 Å². The van der Waals surface area contributed by atoms with Crippen LogP contribution in [0, 0.1) is 30.1 Å². The number of anilines is 1. The van der Waals surface area contributed by atoms with E-state index in [1.165, 1.54) is 42.7 Å². The predicted molar refractivity (Wildman–Crippen MR) is 116 cm³/mol. The highest BCUT2D eigenvalue weighted by atomic mass is 35.5. The number of halogens is 1. The summed E-state index contributed by atoms with van der Waals surface area (Å²) in [5.74, 6) is 1.08. The number of hydrogen-bond acceptors (Lipinski definition) is 4. The van der Waals surface area contributed by atoms with E-state index in [1.54, 1.807) is 0 Å². The van der Waals surface area contributed by atoms with Gasteiger partial charge in [-0.15, -0.1) is 0 Å². The molecule has 1 unspecified atom stereocenters. The number of hydrazone groups is 1. The van der Waals surface area contributed by atoms with Gasteiger partial charge in [-0.05, 0) is 75.3 Å². The molecule has 2 aliphatic carbocycles. The van der Waals surface area contributed by atoms with Crippen LogP contribution in [0.3, 0.4) is 0 Å². The topological polar surface area (TPSA) is 52.3 Å². The first-order valence-corrected chi connectivity index (χ1v) is 11.1. The zero-order valence-electron chi connectivity index (χ0n) is 16.7. The highest BCUT2D eigenvalue weighted by Crippen LogP contribution is 2.44. The molecule has 5 rings (SSSR count).